The van der Waals surface area contributed by atoms with Crippen LogP contribution in [0.3, 0.4) is 0 Å². The van der Waals surface area contributed by atoms with E-state index in [2.05, 4.69) is 25.5 Å². The van der Waals surface area contributed by atoms with Crippen molar-refractivity contribution >= 4 is 74.0 Å². The van der Waals surface area contributed by atoms with E-state index in [-0.39, 0.29) is 47.3 Å². The maximum atomic E-state index is 14.0. The number of rotatable bonds is 9. The number of amides is 1. The number of carbonyl (C=O) groups excluding carboxylic acids is 1. The van der Waals surface area contributed by atoms with E-state index in [1.165, 1.54) is 57.8 Å². The van der Waals surface area contributed by atoms with Crippen molar-refractivity contribution in [3.05, 3.63) is 125 Å². The molecule has 376 valence electrons. The van der Waals surface area contributed by atoms with Crippen LogP contribution in [0.1, 0.15) is 89.7 Å². The van der Waals surface area contributed by atoms with E-state index in [0.29, 0.717) is 76.4 Å². The highest BCUT2D eigenvalue weighted by Gasteiger charge is 2.30. The number of piperidine rings is 2. The van der Waals surface area contributed by atoms with E-state index >= 15 is 0 Å². The fourth-order valence-electron chi connectivity index (χ4n) is 8.01. The number of anilines is 2. The number of benzene rings is 2. The molecule has 6 heterocycles. The molecule has 0 aliphatic carbocycles. The van der Waals surface area contributed by atoms with Gasteiger partial charge in [0.15, 0.2) is 11.6 Å². The fraction of sp³-hybridized carbons (Fsp3) is 0.386. The van der Waals surface area contributed by atoms with Crippen LogP contribution in [-0.2, 0) is 27.7 Å². The summed E-state index contributed by atoms with van der Waals surface area (Å²) in [6, 6.07) is 7.73. The number of carboxylic acid groups (broad SMARTS) is 2. The predicted octanol–water partition coefficient (Wildman–Crippen LogP) is 5.13. The van der Waals surface area contributed by atoms with Crippen LogP contribution < -0.4 is 32.0 Å². The smallest absolute Gasteiger partial charge is 0.407 e. The molecule has 70 heavy (non-hydrogen) atoms. The van der Waals surface area contributed by atoms with Gasteiger partial charge < -0.3 is 45.8 Å². The zero-order valence-corrected chi connectivity index (χ0v) is 40.5. The minimum absolute atomic E-state index is 0.0352. The molecule has 0 saturated carbocycles. The van der Waals surface area contributed by atoms with E-state index < -0.39 is 56.5 Å². The molecular formula is C44H50Cl2F2N10O11S. The van der Waals surface area contributed by atoms with Crippen LogP contribution in [0.2, 0.25) is 10.0 Å². The molecule has 0 spiro atoms. The Morgan fingerprint density at radius 3 is 1.66 bits per heavy atom. The number of carboxylic acids is 2. The van der Waals surface area contributed by atoms with Crippen LogP contribution in [0.4, 0.5) is 25.2 Å². The summed E-state index contributed by atoms with van der Waals surface area (Å²) in [5.74, 6) is -2.54. The molecule has 2 saturated heterocycles. The van der Waals surface area contributed by atoms with Gasteiger partial charge in [-0.1, -0.05) is 23.2 Å². The molecule has 0 unspecified atom stereocenters. The summed E-state index contributed by atoms with van der Waals surface area (Å²) in [5, 5.41) is 31.2. The highest BCUT2D eigenvalue weighted by atomic mass is 35.5. The standard InChI is InChI=1S/C24H27ClFN5O5.C19H19ClFN5O3.CH4O3S/c1-24(2,3)36-23(35)27-15-5-4-8-30(11-15)20-16(10-13-9-14(26)6-7-17(13)25)19-21(32)28-18(22(33)34)12-31(19)29-20;20-14-4-3-11(21)6-10(14)7-13-16-18(27)23-15(19(28)29)9-26(16)24-17(13)25-5-1-2-12(22)8-25;1-5(2,3)4/h6-7,9,12,15H,4-5,8,10-11H2,1-3H3,(H,27,35)(H,28,32)(H,33,34);3-4,6,9,12H,1-2,5,7-8,22H2,(H,23,27)(H,28,29);1H3,(H,2,3,4)/t15-;12-;/m11./s1. The van der Waals surface area contributed by atoms with Gasteiger partial charge >= 0.3 is 18.0 Å². The number of hydrogen-bond acceptors (Lipinski definition) is 13. The van der Waals surface area contributed by atoms with Gasteiger partial charge in [0.25, 0.3) is 21.2 Å². The van der Waals surface area contributed by atoms with Gasteiger partial charge in [0.2, 0.25) is 0 Å². The summed E-state index contributed by atoms with van der Waals surface area (Å²) >= 11 is 12.6. The number of aromatic amines is 2. The normalized spacial score (nSPS) is 16.3. The number of carbonyl (C=O) groups is 3. The van der Waals surface area contributed by atoms with E-state index in [9.17, 15) is 51.4 Å². The Morgan fingerprint density at radius 1 is 0.814 bits per heavy atom. The molecule has 1 amide bonds. The number of aromatic nitrogens is 6. The van der Waals surface area contributed by atoms with Crippen LogP contribution >= 0.6 is 23.2 Å². The minimum atomic E-state index is -3.67. The zero-order valence-electron chi connectivity index (χ0n) is 38.1. The lowest BCUT2D eigenvalue weighted by atomic mass is 10.0. The quantitative estimate of drug-likeness (QED) is 0.0923. The topological polar surface area (TPSA) is 300 Å². The SMILES string of the molecule is CC(C)(C)OC(=O)N[C@@H]1CCCN(c2nn3cc(C(=O)O)[nH]c(=O)c3c2Cc2cc(F)ccc2Cl)C1.CS(=O)(=O)O.N[C@@H]1CCCN(c2nn3cc(C(=O)O)[nH]c(=O)c3c2Cc2cc(F)ccc2Cl)C1. The molecule has 2 atom stereocenters. The molecule has 2 aliphatic heterocycles. The van der Waals surface area contributed by atoms with Crippen LogP contribution in [-0.4, -0.2) is 121 Å². The Balaban J connectivity index is 0.000000213. The van der Waals surface area contributed by atoms with Crippen molar-refractivity contribution in [2.75, 3.05) is 42.2 Å². The van der Waals surface area contributed by atoms with Crippen molar-refractivity contribution in [1.82, 2.24) is 34.5 Å². The maximum absolute atomic E-state index is 14.0. The summed E-state index contributed by atoms with van der Waals surface area (Å²) in [6.07, 6.45) is 6.12. The molecule has 0 bridgehead atoms. The van der Waals surface area contributed by atoms with Crippen LogP contribution in [0.25, 0.3) is 11.0 Å². The van der Waals surface area contributed by atoms with Crippen molar-refractivity contribution in [3.63, 3.8) is 0 Å². The molecule has 4 aromatic heterocycles. The third kappa shape index (κ3) is 13.6. The van der Waals surface area contributed by atoms with Crippen LogP contribution in [0.15, 0.2) is 58.4 Å². The first-order chi connectivity index (χ1) is 32.7. The molecule has 8 N–H and O–H groups in total. The number of H-pyrrole nitrogens is 2. The Bertz CT molecular complexity index is 3180. The number of aromatic carboxylic acids is 2. The van der Waals surface area contributed by atoms with Crippen molar-refractivity contribution in [2.45, 2.75) is 77.0 Å². The largest absolute Gasteiger partial charge is 0.477 e. The second-order valence-electron chi connectivity index (χ2n) is 17.6. The van der Waals surface area contributed by atoms with Crippen molar-refractivity contribution < 1.29 is 51.1 Å². The highest BCUT2D eigenvalue weighted by Crippen LogP contribution is 2.32. The Labute approximate surface area is 407 Å². The van der Waals surface area contributed by atoms with Gasteiger partial charge in [-0.3, -0.25) is 14.1 Å². The Hall–Kier alpha value is -6.60. The third-order valence-corrected chi connectivity index (χ3v) is 11.6. The maximum Gasteiger partial charge on any atom is 0.407 e. The van der Waals surface area contributed by atoms with Crippen molar-refractivity contribution in [2.24, 2.45) is 5.73 Å². The number of alkyl carbamates (subject to hydrolysis) is 1. The summed E-state index contributed by atoms with van der Waals surface area (Å²) < 4.78 is 61.5. The molecule has 26 heteroatoms. The summed E-state index contributed by atoms with van der Waals surface area (Å²) in [5.41, 5.74) is 5.95. The van der Waals surface area contributed by atoms with Gasteiger partial charge in [0.05, 0.1) is 18.6 Å². The van der Waals surface area contributed by atoms with Gasteiger partial charge in [-0.05, 0) is 94.0 Å². The fourth-order valence-corrected chi connectivity index (χ4v) is 8.38. The van der Waals surface area contributed by atoms with Crippen LogP contribution in [0.5, 0.6) is 0 Å². The first-order valence-corrected chi connectivity index (χ1v) is 24.2. The van der Waals surface area contributed by atoms with Crippen molar-refractivity contribution in [1.29, 1.82) is 0 Å². The number of nitrogens with zero attached hydrogens (tertiary/aromatic N) is 6. The lowest BCUT2D eigenvalue weighted by molar-refractivity contribution is 0.0498. The summed E-state index contributed by atoms with van der Waals surface area (Å²) in [7, 11) is -3.67. The first kappa shape index (κ1) is 52.8. The van der Waals surface area contributed by atoms with Gasteiger partial charge in [-0.2, -0.15) is 8.42 Å². The van der Waals surface area contributed by atoms with Gasteiger partial charge in [-0.15, -0.1) is 10.2 Å². The highest BCUT2D eigenvalue weighted by molar-refractivity contribution is 7.85. The van der Waals surface area contributed by atoms with Gasteiger partial charge in [0, 0.05) is 72.3 Å². The Morgan fingerprint density at radius 2 is 1.24 bits per heavy atom. The lowest BCUT2D eigenvalue weighted by Gasteiger charge is -2.34. The number of hydrogen-bond donors (Lipinski definition) is 7. The van der Waals surface area contributed by atoms with E-state index in [1.54, 1.807) is 20.8 Å². The average Bonchev–Trinajstić information content (AvgIpc) is 3.81. The first-order valence-electron chi connectivity index (χ1n) is 21.6. The van der Waals surface area contributed by atoms with Crippen LogP contribution in [0, 0.1) is 11.6 Å². The zero-order chi connectivity index (χ0) is 51.4. The average molecular weight is 1040 g/mol. The number of fused-ring (bicyclic) bond motifs is 2. The molecule has 0 radical (unpaired) electrons. The number of nitrogens with one attached hydrogen (secondary N) is 3. The molecule has 2 aliphatic rings. The van der Waals surface area contributed by atoms with Gasteiger partial charge in [0.1, 0.15) is 39.7 Å². The molecule has 6 aromatic rings. The minimum Gasteiger partial charge on any atom is -0.477 e. The monoisotopic (exact) mass is 1030 g/mol. The summed E-state index contributed by atoms with van der Waals surface area (Å²) in [6.45, 7) is 7.57. The van der Waals surface area contributed by atoms with Crippen molar-refractivity contribution in [3.8, 4) is 0 Å². The molecule has 2 aromatic carbocycles. The van der Waals surface area contributed by atoms with E-state index in [4.69, 9.17) is 38.2 Å². The number of halogens is 4. The number of ether oxygens (including phenoxy) is 1. The van der Waals surface area contributed by atoms with E-state index in [0.717, 1.165) is 25.7 Å². The predicted molar refractivity (Wildman–Crippen MR) is 255 cm³/mol. The molecule has 8 rings (SSSR count). The Kier molecular flexibility index (Phi) is 16.3. The second kappa shape index (κ2) is 21.6. The van der Waals surface area contributed by atoms with E-state index in [1.807, 2.05) is 9.80 Å². The molecular weight excluding hydrogens is 986 g/mol. The lowest BCUT2D eigenvalue weighted by Crippen LogP contribution is -2.49. The number of nitrogens with two attached hydrogens (primary N) is 1. The van der Waals surface area contributed by atoms with Gasteiger partial charge in [-0.25, -0.2) is 32.2 Å². The molecule has 21 nitrogen and oxygen atoms in total. The summed E-state index contributed by atoms with van der Waals surface area (Å²) in [4.78, 5) is 69.3. The molecule has 2 fully saturated rings. The third-order valence-electron chi connectivity index (χ3n) is 10.8. The second-order valence-corrected chi connectivity index (χ2v) is 19.9.